The van der Waals surface area contributed by atoms with Crippen molar-refractivity contribution in [2.24, 2.45) is 0 Å². The third kappa shape index (κ3) is 3.20. The first kappa shape index (κ1) is 13.7. The summed E-state index contributed by atoms with van der Waals surface area (Å²) in [5.74, 6) is 1.78. The molecular formula is C13H16F3NS. The average molecular weight is 275 g/mol. The third-order valence-electron chi connectivity index (χ3n) is 2.93. The summed E-state index contributed by atoms with van der Waals surface area (Å²) in [6.07, 6.45) is -4.27. The second-order valence-electron chi connectivity index (χ2n) is 5.22. The fourth-order valence-corrected chi connectivity index (χ4v) is 3.32. The topological polar surface area (TPSA) is 12.0 Å². The molecule has 0 spiro atoms. The Labute approximate surface area is 109 Å². The molecule has 1 aliphatic heterocycles. The van der Waals surface area contributed by atoms with E-state index in [2.05, 4.69) is 19.2 Å². The monoisotopic (exact) mass is 275 g/mol. The minimum absolute atomic E-state index is 0.0129. The zero-order valence-corrected chi connectivity index (χ0v) is 11.2. The molecule has 0 aromatic heterocycles. The summed E-state index contributed by atoms with van der Waals surface area (Å²) >= 11 is 1.77. The van der Waals surface area contributed by atoms with E-state index in [1.54, 1.807) is 17.8 Å². The van der Waals surface area contributed by atoms with Crippen molar-refractivity contribution in [3.63, 3.8) is 0 Å². The molecule has 1 unspecified atom stereocenters. The molecule has 0 radical (unpaired) electrons. The number of hydrogen-bond acceptors (Lipinski definition) is 2. The van der Waals surface area contributed by atoms with E-state index in [1.807, 2.05) is 0 Å². The van der Waals surface area contributed by atoms with Crippen LogP contribution < -0.4 is 5.32 Å². The van der Waals surface area contributed by atoms with Crippen LogP contribution in [0.4, 0.5) is 13.2 Å². The molecule has 100 valence electrons. The number of thioether (sulfide) groups is 1. The van der Waals surface area contributed by atoms with Crippen LogP contribution in [0.3, 0.4) is 0 Å². The predicted octanol–water partition coefficient (Wildman–Crippen LogP) is 3.86. The van der Waals surface area contributed by atoms with Gasteiger partial charge >= 0.3 is 6.18 Å². The van der Waals surface area contributed by atoms with Gasteiger partial charge in [0.15, 0.2) is 0 Å². The normalized spacial score (nSPS) is 23.9. The lowest BCUT2D eigenvalue weighted by Crippen LogP contribution is -2.48. The number of rotatable bonds is 1. The predicted molar refractivity (Wildman–Crippen MR) is 68.7 cm³/mol. The molecule has 2 rings (SSSR count). The Bertz CT molecular complexity index is 428. The molecule has 0 aliphatic carbocycles. The third-order valence-corrected chi connectivity index (χ3v) is 4.42. The van der Waals surface area contributed by atoms with Gasteiger partial charge in [0.1, 0.15) is 0 Å². The highest BCUT2D eigenvalue weighted by molar-refractivity contribution is 7.99. The maximum atomic E-state index is 12.7. The second-order valence-corrected chi connectivity index (χ2v) is 6.25. The van der Waals surface area contributed by atoms with Gasteiger partial charge in [0, 0.05) is 23.1 Å². The lowest BCUT2D eigenvalue weighted by molar-refractivity contribution is -0.137. The van der Waals surface area contributed by atoms with Gasteiger partial charge in [-0.2, -0.15) is 24.9 Å². The molecule has 5 heteroatoms. The molecule has 1 aliphatic rings. The lowest BCUT2D eigenvalue weighted by atomic mass is 10.0. The minimum atomic E-state index is -4.27. The van der Waals surface area contributed by atoms with Crippen molar-refractivity contribution in [1.29, 1.82) is 0 Å². The highest BCUT2D eigenvalue weighted by Crippen LogP contribution is 2.33. The molecule has 1 atom stereocenters. The lowest BCUT2D eigenvalue weighted by Gasteiger charge is -2.37. The van der Waals surface area contributed by atoms with Crippen LogP contribution in [0.1, 0.15) is 31.0 Å². The fourth-order valence-electron chi connectivity index (χ4n) is 2.10. The van der Waals surface area contributed by atoms with Crippen molar-refractivity contribution in [3.8, 4) is 0 Å². The van der Waals surface area contributed by atoms with Crippen LogP contribution in [0, 0.1) is 0 Å². The molecule has 0 amide bonds. The first-order valence-corrected chi connectivity index (χ1v) is 6.96. The van der Waals surface area contributed by atoms with Gasteiger partial charge in [-0.15, -0.1) is 0 Å². The molecule has 0 saturated carbocycles. The largest absolute Gasteiger partial charge is 0.416 e. The summed E-state index contributed by atoms with van der Waals surface area (Å²) in [5, 5.41) is 3.40. The minimum Gasteiger partial charge on any atom is -0.303 e. The Hall–Kier alpha value is -0.680. The maximum Gasteiger partial charge on any atom is 0.416 e. The summed E-state index contributed by atoms with van der Waals surface area (Å²) in [7, 11) is 0. The van der Waals surface area contributed by atoms with Crippen molar-refractivity contribution in [2.45, 2.75) is 31.6 Å². The van der Waals surface area contributed by atoms with Gasteiger partial charge in [-0.25, -0.2) is 0 Å². The number of hydrogen-bond donors (Lipinski definition) is 1. The number of benzene rings is 1. The average Bonchev–Trinajstić information content (AvgIpc) is 2.27. The van der Waals surface area contributed by atoms with Crippen LogP contribution in [0.2, 0.25) is 0 Å². The van der Waals surface area contributed by atoms with E-state index in [4.69, 9.17) is 0 Å². The Kier molecular flexibility index (Phi) is 3.65. The van der Waals surface area contributed by atoms with Crippen molar-refractivity contribution < 1.29 is 13.2 Å². The van der Waals surface area contributed by atoms with Gasteiger partial charge in [-0.3, -0.25) is 0 Å². The van der Waals surface area contributed by atoms with E-state index in [0.717, 1.165) is 17.6 Å². The number of halogens is 3. The highest BCUT2D eigenvalue weighted by Gasteiger charge is 2.32. The summed E-state index contributed by atoms with van der Waals surface area (Å²) in [5.41, 5.74) is 0.0993. The summed E-state index contributed by atoms with van der Waals surface area (Å²) in [6, 6.07) is 5.59. The quantitative estimate of drug-likeness (QED) is 0.835. The zero-order chi connectivity index (χ0) is 13.4. The van der Waals surface area contributed by atoms with E-state index in [-0.39, 0.29) is 11.6 Å². The van der Waals surface area contributed by atoms with Crippen LogP contribution in [-0.4, -0.2) is 17.0 Å². The molecule has 18 heavy (non-hydrogen) atoms. The van der Waals surface area contributed by atoms with Crippen molar-refractivity contribution >= 4 is 11.8 Å². The maximum absolute atomic E-state index is 12.7. The van der Waals surface area contributed by atoms with Gasteiger partial charge < -0.3 is 5.32 Å². The Balaban J connectivity index is 2.23. The van der Waals surface area contributed by atoms with Gasteiger partial charge in [-0.1, -0.05) is 12.1 Å². The molecule has 1 heterocycles. The smallest absolute Gasteiger partial charge is 0.303 e. The standard InChI is InChI=1S/C13H16F3NS/c1-12(2)8-18-7-11(17-12)9-4-3-5-10(6-9)13(14,15)16/h3-6,11,17H,7-8H2,1-2H3. The van der Waals surface area contributed by atoms with E-state index in [9.17, 15) is 13.2 Å². The summed E-state index contributed by atoms with van der Waals surface area (Å²) in [4.78, 5) is 0. The van der Waals surface area contributed by atoms with Crippen molar-refractivity contribution in [1.82, 2.24) is 5.32 Å². The number of nitrogens with one attached hydrogen (secondary N) is 1. The van der Waals surface area contributed by atoms with Crippen LogP contribution in [0.25, 0.3) is 0 Å². The molecule has 1 aromatic rings. The molecule has 0 bridgehead atoms. The van der Waals surface area contributed by atoms with Crippen molar-refractivity contribution in [2.75, 3.05) is 11.5 Å². The van der Waals surface area contributed by atoms with Crippen LogP contribution >= 0.6 is 11.8 Å². The van der Waals surface area contributed by atoms with Crippen LogP contribution in [0.5, 0.6) is 0 Å². The molecule has 1 fully saturated rings. The summed E-state index contributed by atoms with van der Waals surface area (Å²) in [6.45, 7) is 4.14. The van der Waals surface area contributed by atoms with E-state index < -0.39 is 11.7 Å². The molecule has 1 saturated heterocycles. The Morgan fingerprint density at radius 2 is 2.06 bits per heavy atom. The first-order valence-electron chi connectivity index (χ1n) is 5.80. The SMILES string of the molecule is CC1(C)CSCC(c2cccc(C(F)(F)F)c2)N1. The van der Waals surface area contributed by atoms with E-state index in [1.165, 1.54) is 12.1 Å². The highest BCUT2D eigenvalue weighted by atomic mass is 32.2. The molecule has 1 aromatic carbocycles. The van der Waals surface area contributed by atoms with E-state index in [0.29, 0.717) is 5.56 Å². The molecule has 1 N–H and O–H groups in total. The fraction of sp³-hybridized carbons (Fsp3) is 0.538. The molecule has 1 nitrogen and oxygen atoms in total. The van der Waals surface area contributed by atoms with E-state index >= 15 is 0 Å². The first-order chi connectivity index (χ1) is 8.28. The Morgan fingerprint density at radius 1 is 1.33 bits per heavy atom. The zero-order valence-electron chi connectivity index (χ0n) is 10.3. The Morgan fingerprint density at radius 3 is 2.67 bits per heavy atom. The van der Waals surface area contributed by atoms with Crippen LogP contribution in [0.15, 0.2) is 24.3 Å². The number of alkyl halides is 3. The summed E-state index contributed by atoms with van der Waals surface area (Å²) < 4.78 is 38.0. The molecular weight excluding hydrogens is 259 g/mol. The van der Waals surface area contributed by atoms with Gasteiger partial charge in [0.2, 0.25) is 0 Å². The van der Waals surface area contributed by atoms with Gasteiger partial charge in [0.05, 0.1) is 5.56 Å². The second kappa shape index (κ2) is 4.78. The van der Waals surface area contributed by atoms with Crippen molar-refractivity contribution in [3.05, 3.63) is 35.4 Å². The van der Waals surface area contributed by atoms with Gasteiger partial charge in [-0.05, 0) is 31.5 Å². The van der Waals surface area contributed by atoms with Crippen LogP contribution in [-0.2, 0) is 6.18 Å². The van der Waals surface area contributed by atoms with Gasteiger partial charge in [0.25, 0.3) is 0 Å².